The van der Waals surface area contributed by atoms with Crippen LogP contribution in [-0.4, -0.2) is 18.1 Å². The minimum Gasteiger partial charge on any atom is -0.478 e. The molecule has 4 heteroatoms. The van der Waals surface area contributed by atoms with Gasteiger partial charge in [0.15, 0.2) is 0 Å². The highest BCUT2D eigenvalue weighted by Crippen LogP contribution is 2.24. The smallest absolute Gasteiger partial charge is 0.335 e. The molecule has 0 bridgehead atoms. The molecular formula is C16H16BrNO2. The van der Waals surface area contributed by atoms with E-state index in [9.17, 15) is 4.79 Å². The Labute approximate surface area is 127 Å². The highest BCUT2D eigenvalue weighted by Gasteiger charge is 2.10. The summed E-state index contributed by atoms with van der Waals surface area (Å²) < 4.78 is 1.08. The molecule has 0 radical (unpaired) electrons. The number of hydrogen-bond acceptors (Lipinski definition) is 2. The Balaban J connectivity index is 2.23. The first kappa shape index (κ1) is 14.6. The van der Waals surface area contributed by atoms with Crippen molar-refractivity contribution in [1.29, 1.82) is 0 Å². The van der Waals surface area contributed by atoms with E-state index < -0.39 is 5.97 Å². The van der Waals surface area contributed by atoms with Gasteiger partial charge in [0.05, 0.1) is 5.56 Å². The first-order valence-corrected chi connectivity index (χ1v) is 7.07. The lowest BCUT2D eigenvalue weighted by atomic mass is 10.1. The number of rotatable bonds is 4. The molecule has 0 aliphatic heterocycles. The molecular weight excluding hydrogens is 318 g/mol. The maximum atomic E-state index is 11.0. The first-order valence-electron chi connectivity index (χ1n) is 6.27. The quantitative estimate of drug-likeness (QED) is 0.915. The second-order valence-corrected chi connectivity index (χ2v) is 5.61. The molecule has 0 aliphatic carbocycles. The van der Waals surface area contributed by atoms with Gasteiger partial charge < -0.3 is 10.0 Å². The van der Waals surface area contributed by atoms with Crippen LogP contribution >= 0.6 is 15.9 Å². The Morgan fingerprint density at radius 1 is 1.25 bits per heavy atom. The zero-order chi connectivity index (χ0) is 14.7. The van der Waals surface area contributed by atoms with Gasteiger partial charge in [-0.15, -0.1) is 0 Å². The Morgan fingerprint density at radius 3 is 2.55 bits per heavy atom. The number of anilines is 1. The Morgan fingerprint density at radius 2 is 1.95 bits per heavy atom. The maximum Gasteiger partial charge on any atom is 0.335 e. The topological polar surface area (TPSA) is 40.5 Å². The van der Waals surface area contributed by atoms with Crippen LogP contribution in [0.4, 0.5) is 5.69 Å². The van der Waals surface area contributed by atoms with Gasteiger partial charge in [-0.2, -0.15) is 0 Å². The number of carbonyl (C=O) groups is 1. The van der Waals surface area contributed by atoms with Gasteiger partial charge in [-0.1, -0.05) is 34.1 Å². The number of aryl methyl sites for hydroxylation is 1. The van der Waals surface area contributed by atoms with Crippen LogP contribution in [0.15, 0.2) is 46.9 Å². The summed E-state index contributed by atoms with van der Waals surface area (Å²) >= 11 is 3.54. The lowest BCUT2D eigenvalue weighted by Crippen LogP contribution is -2.18. The molecule has 2 rings (SSSR count). The van der Waals surface area contributed by atoms with E-state index in [2.05, 4.69) is 26.9 Å². The fourth-order valence-electron chi connectivity index (χ4n) is 2.18. The number of nitrogens with zero attached hydrogens (tertiary/aromatic N) is 1. The first-order chi connectivity index (χ1) is 9.49. The summed E-state index contributed by atoms with van der Waals surface area (Å²) in [5.74, 6) is -0.895. The molecule has 104 valence electrons. The second kappa shape index (κ2) is 6.09. The fraction of sp³-hybridized carbons (Fsp3) is 0.188. The van der Waals surface area contributed by atoms with Gasteiger partial charge in [-0.05, 0) is 42.3 Å². The van der Waals surface area contributed by atoms with Crippen LogP contribution in [0.1, 0.15) is 21.5 Å². The molecule has 0 aliphatic rings. The average molecular weight is 334 g/mol. The molecule has 0 amide bonds. The molecule has 0 fully saturated rings. The van der Waals surface area contributed by atoms with Crippen LogP contribution in [0.3, 0.4) is 0 Å². The summed E-state index contributed by atoms with van der Waals surface area (Å²) in [6.07, 6.45) is 0. The molecule has 0 unspecified atom stereocenters. The summed E-state index contributed by atoms with van der Waals surface area (Å²) in [6, 6.07) is 13.3. The van der Waals surface area contributed by atoms with E-state index in [1.807, 2.05) is 38.2 Å². The Kier molecular flexibility index (Phi) is 4.45. The Hall–Kier alpha value is -1.81. The monoisotopic (exact) mass is 333 g/mol. The van der Waals surface area contributed by atoms with Crippen molar-refractivity contribution < 1.29 is 9.90 Å². The largest absolute Gasteiger partial charge is 0.478 e. The van der Waals surface area contributed by atoms with Crippen LogP contribution < -0.4 is 4.90 Å². The molecule has 0 aromatic heterocycles. The van der Waals surface area contributed by atoms with E-state index in [1.165, 1.54) is 5.56 Å². The van der Waals surface area contributed by atoms with E-state index in [0.717, 1.165) is 22.3 Å². The standard InChI is InChI=1S/C16H16BrNO2/c1-11-9-12(16(19)20)7-8-15(11)18(2)10-13-5-3-4-6-14(13)17/h3-9H,10H2,1-2H3,(H,19,20). The van der Waals surface area contributed by atoms with Crippen molar-refractivity contribution in [3.8, 4) is 0 Å². The highest BCUT2D eigenvalue weighted by atomic mass is 79.9. The fourth-order valence-corrected chi connectivity index (χ4v) is 2.59. The SMILES string of the molecule is Cc1cc(C(=O)O)ccc1N(C)Cc1ccccc1Br. The third-order valence-electron chi connectivity index (χ3n) is 3.22. The molecule has 0 saturated carbocycles. The summed E-state index contributed by atoms with van der Waals surface area (Å²) in [6.45, 7) is 2.69. The minimum absolute atomic E-state index is 0.320. The van der Waals surface area contributed by atoms with Crippen LogP contribution in [0.2, 0.25) is 0 Å². The maximum absolute atomic E-state index is 11.0. The van der Waals surface area contributed by atoms with Gasteiger partial charge in [-0.3, -0.25) is 0 Å². The van der Waals surface area contributed by atoms with E-state index >= 15 is 0 Å². The number of carboxylic acids is 1. The Bertz CT molecular complexity index is 640. The molecule has 0 saturated heterocycles. The summed E-state index contributed by atoms with van der Waals surface area (Å²) in [7, 11) is 2.00. The van der Waals surface area contributed by atoms with E-state index in [0.29, 0.717) is 5.56 Å². The van der Waals surface area contributed by atoms with Crippen LogP contribution in [0, 0.1) is 6.92 Å². The van der Waals surface area contributed by atoms with Crippen molar-refractivity contribution in [3.63, 3.8) is 0 Å². The predicted molar refractivity (Wildman–Crippen MR) is 84.4 cm³/mol. The third kappa shape index (κ3) is 3.20. The van der Waals surface area contributed by atoms with Gasteiger partial charge in [0.2, 0.25) is 0 Å². The zero-order valence-corrected chi connectivity index (χ0v) is 13.0. The molecule has 2 aromatic carbocycles. The van der Waals surface area contributed by atoms with Gasteiger partial charge in [0, 0.05) is 23.8 Å². The van der Waals surface area contributed by atoms with Gasteiger partial charge >= 0.3 is 5.97 Å². The van der Waals surface area contributed by atoms with E-state index in [1.54, 1.807) is 12.1 Å². The lowest BCUT2D eigenvalue weighted by Gasteiger charge is -2.22. The molecule has 0 spiro atoms. The van der Waals surface area contributed by atoms with Gasteiger partial charge in [0.1, 0.15) is 0 Å². The number of halogens is 1. The second-order valence-electron chi connectivity index (χ2n) is 4.75. The lowest BCUT2D eigenvalue weighted by molar-refractivity contribution is 0.0697. The zero-order valence-electron chi connectivity index (χ0n) is 11.4. The molecule has 0 heterocycles. The number of benzene rings is 2. The van der Waals surface area contributed by atoms with Crippen LogP contribution in [0.25, 0.3) is 0 Å². The highest BCUT2D eigenvalue weighted by molar-refractivity contribution is 9.10. The van der Waals surface area contributed by atoms with Crippen molar-refractivity contribution in [2.45, 2.75) is 13.5 Å². The molecule has 0 atom stereocenters. The van der Waals surface area contributed by atoms with Crippen molar-refractivity contribution in [1.82, 2.24) is 0 Å². The van der Waals surface area contributed by atoms with E-state index in [-0.39, 0.29) is 0 Å². The number of carboxylic acid groups (broad SMARTS) is 1. The van der Waals surface area contributed by atoms with Gasteiger partial charge in [0.25, 0.3) is 0 Å². The van der Waals surface area contributed by atoms with Crippen molar-refractivity contribution in [3.05, 3.63) is 63.6 Å². The van der Waals surface area contributed by atoms with Crippen LogP contribution in [-0.2, 0) is 6.54 Å². The van der Waals surface area contributed by atoms with Crippen molar-refractivity contribution >= 4 is 27.6 Å². The van der Waals surface area contributed by atoms with Crippen molar-refractivity contribution in [2.75, 3.05) is 11.9 Å². The molecule has 2 aromatic rings. The summed E-state index contributed by atoms with van der Waals surface area (Å²) in [5, 5.41) is 8.99. The van der Waals surface area contributed by atoms with Crippen LogP contribution in [0.5, 0.6) is 0 Å². The van der Waals surface area contributed by atoms with E-state index in [4.69, 9.17) is 5.11 Å². The molecule has 3 nitrogen and oxygen atoms in total. The predicted octanol–water partition coefficient (Wildman–Crippen LogP) is 4.09. The molecule has 1 N–H and O–H groups in total. The average Bonchev–Trinajstić information content (AvgIpc) is 2.41. The van der Waals surface area contributed by atoms with Gasteiger partial charge in [-0.25, -0.2) is 4.79 Å². The third-order valence-corrected chi connectivity index (χ3v) is 3.99. The molecule has 20 heavy (non-hydrogen) atoms. The minimum atomic E-state index is -0.895. The summed E-state index contributed by atoms with van der Waals surface area (Å²) in [4.78, 5) is 13.1. The normalized spacial score (nSPS) is 10.3. The number of aromatic carboxylic acids is 1. The van der Waals surface area contributed by atoms with Crippen molar-refractivity contribution in [2.24, 2.45) is 0 Å². The summed E-state index contributed by atoms with van der Waals surface area (Å²) in [5.41, 5.74) is 3.50. The number of hydrogen-bond donors (Lipinski definition) is 1.